The van der Waals surface area contributed by atoms with E-state index in [9.17, 15) is 24.5 Å². The Morgan fingerprint density at radius 1 is 1.27 bits per heavy atom. The zero-order valence-electron chi connectivity index (χ0n) is 19.4. The zero-order chi connectivity index (χ0) is 24.4. The van der Waals surface area contributed by atoms with Crippen LogP contribution in [0, 0.1) is 28.9 Å². The van der Waals surface area contributed by atoms with Gasteiger partial charge in [-0.3, -0.25) is 19.7 Å². The first-order chi connectivity index (χ1) is 15.6. The number of nitro benzene ring substituents is 1. The third-order valence-corrected chi connectivity index (χ3v) is 6.16. The predicted molar refractivity (Wildman–Crippen MR) is 119 cm³/mol. The summed E-state index contributed by atoms with van der Waals surface area (Å²) in [7, 11) is 1.23. The molecule has 1 aliphatic heterocycles. The molecule has 1 N–H and O–H groups in total. The van der Waals surface area contributed by atoms with Crippen LogP contribution in [0.15, 0.2) is 40.7 Å². The lowest BCUT2D eigenvalue weighted by Gasteiger charge is -2.38. The molecule has 0 bridgehead atoms. The van der Waals surface area contributed by atoms with E-state index in [0.29, 0.717) is 35.4 Å². The molecule has 0 radical (unpaired) electrons. The zero-order valence-corrected chi connectivity index (χ0v) is 19.4. The van der Waals surface area contributed by atoms with Crippen molar-refractivity contribution in [3.63, 3.8) is 0 Å². The lowest BCUT2D eigenvalue weighted by Crippen LogP contribution is -2.43. The van der Waals surface area contributed by atoms with Gasteiger partial charge in [0.2, 0.25) is 0 Å². The summed E-state index contributed by atoms with van der Waals surface area (Å²) in [5, 5.41) is 14.8. The first-order valence-electron chi connectivity index (χ1n) is 10.9. The van der Waals surface area contributed by atoms with Crippen molar-refractivity contribution in [2.75, 3.05) is 13.7 Å². The standard InChI is InChI=1S/C24H28N2O7/c1-6-9-33-24(29)19-14(4)25-16-10-13(3)18(23(28)32-5)22(27)21(16)20(19)15-8-7-12(2)17(11-15)26(30)31/h7-8,11,13,18,20,25H,6,9-10H2,1-5H3/t13-,18+,20-/m1/s1. The topological polar surface area (TPSA) is 125 Å². The number of nitrogens with zero attached hydrogens (tertiary/aromatic N) is 1. The van der Waals surface area contributed by atoms with Gasteiger partial charge in [-0.1, -0.05) is 26.0 Å². The molecular formula is C24H28N2O7. The van der Waals surface area contributed by atoms with E-state index in [1.54, 1.807) is 32.9 Å². The first kappa shape index (κ1) is 24.2. The molecule has 0 fully saturated rings. The molecule has 0 unspecified atom stereocenters. The molecule has 2 aliphatic rings. The molecule has 176 valence electrons. The maximum Gasteiger partial charge on any atom is 0.336 e. The van der Waals surface area contributed by atoms with Crippen LogP contribution in [0.2, 0.25) is 0 Å². The van der Waals surface area contributed by atoms with Gasteiger partial charge in [-0.05, 0) is 38.2 Å². The highest BCUT2D eigenvalue weighted by molar-refractivity contribution is 6.12. The van der Waals surface area contributed by atoms with E-state index in [0.717, 1.165) is 0 Å². The van der Waals surface area contributed by atoms with Crippen molar-refractivity contribution in [2.45, 2.75) is 46.5 Å². The number of nitrogens with one attached hydrogen (secondary N) is 1. The number of allylic oxidation sites excluding steroid dienone is 3. The van der Waals surface area contributed by atoms with Crippen LogP contribution >= 0.6 is 0 Å². The highest BCUT2D eigenvalue weighted by atomic mass is 16.6. The summed E-state index contributed by atoms with van der Waals surface area (Å²) in [5.74, 6) is -3.95. The van der Waals surface area contributed by atoms with Gasteiger partial charge in [0, 0.05) is 34.5 Å². The molecule has 1 aromatic rings. The number of esters is 2. The van der Waals surface area contributed by atoms with Crippen LogP contribution in [0.3, 0.4) is 0 Å². The van der Waals surface area contributed by atoms with Crippen LogP contribution in [0.25, 0.3) is 0 Å². The average molecular weight is 456 g/mol. The van der Waals surface area contributed by atoms with Crippen LogP contribution in [0.5, 0.6) is 0 Å². The summed E-state index contributed by atoms with van der Waals surface area (Å²) in [5.41, 5.74) is 2.31. The minimum absolute atomic E-state index is 0.117. The average Bonchev–Trinajstić information content (AvgIpc) is 2.76. The van der Waals surface area contributed by atoms with Gasteiger partial charge in [-0.2, -0.15) is 0 Å². The fourth-order valence-electron chi connectivity index (χ4n) is 4.56. The third kappa shape index (κ3) is 4.40. The number of methoxy groups -OCH3 is 1. The van der Waals surface area contributed by atoms with Crippen molar-refractivity contribution in [1.29, 1.82) is 0 Å². The van der Waals surface area contributed by atoms with Crippen molar-refractivity contribution in [3.05, 3.63) is 62.0 Å². The normalized spacial score (nSPS) is 22.5. The number of hydrogen-bond donors (Lipinski definition) is 1. The second-order valence-electron chi connectivity index (χ2n) is 8.47. The molecule has 0 saturated heterocycles. The number of Topliss-reactive ketones (excluding diaryl/α,β-unsaturated/α-hetero) is 1. The smallest absolute Gasteiger partial charge is 0.336 e. The second kappa shape index (κ2) is 9.56. The van der Waals surface area contributed by atoms with Gasteiger partial charge in [0.1, 0.15) is 5.92 Å². The molecule has 3 atom stereocenters. The van der Waals surface area contributed by atoms with E-state index < -0.39 is 34.5 Å². The van der Waals surface area contributed by atoms with Crippen LogP contribution < -0.4 is 5.32 Å². The highest BCUT2D eigenvalue weighted by Gasteiger charge is 2.47. The molecule has 3 rings (SSSR count). The minimum atomic E-state index is -1.02. The summed E-state index contributed by atoms with van der Waals surface area (Å²) in [6.07, 6.45) is 1.00. The first-order valence-corrected chi connectivity index (χ1v) is 10.9. The molecule has 33 heavy (non-hydrogen) atoms. The summed E-state index contributed by atoms with van der Waals surface area (Å²) < 4.78 is 10.3. The number of ether oxygens (including phenoxy) is 2. The van der Waals surface area contributed by atoms with Crippen molar-refractivity contribution < 1.29 is 28.8 Å². The number of ketones is 1. The van der Waals surface area contributed by atoms with E-state index in [2.05, 4.69) is 5.32 Å². The van der Waals surface area contributed by atoms with Gasteiger partial charge in [-0.25, -0.2) is 4.79 Å². The molecule has 0 aromatic heterocycles. The molecule has 9 heteroatoms. The van der Waals surface area contributed by atoms with Crippen molar-refractivity contribution in [1.82, 2.24) is 5.32 Å². The van der Waals surface area contributed by atoms with Crippen LogP contribution in [0.1, 0.15) is 50.7 Å². The Morgan fingerprint density at radius 2 is 1.97 bits per heavy atom. The summed E-state index contributed by atoms with van der Waals surface area (Å²) in [4.78, 5) is 50.2. The Hall–Kier alpha value is -3.49. The van der Waals surface area contributed by atoms with Crippen molar-refractivity contribution in [2.24, 2.45) is 11.8 Å². The molecule has 0 amide bonds. The largest absolute Gasteiger partial charge is 0.468 e. The van der Waals surface area contributed by atoms with Crippen molar-refractivity contribution >= 4 is 23.4 Å². The van der Waals surface area contributed by atoms with Crippen LogP contribution in [0.4, 0.5) is 5.69 Å². The number of dihydropyridines is 1. The van der Waals surface area contributed by atoms with Gasteiger partial charge >= 0.3 is 11.9 Å². The third-order valence-electron chi connectivity index (χ3n) is 6.16. The van der Waals surface area contributed by atoms with E-state index in [1.807, 2.05) is 6.92 Å². The Balaban J connectivity index is 2.23. The molecule has 1 aromatic carbocycles. The maximum atomic E-state index is 13.6. The van der Waals surface area contributed by atoms with Gasteiger partial charge < -0.3 is 14.8 Å². The molecular weight excluding hydrogens is 428 g/mol. The van der Waals surface area contributed by atoms with E-state index in [-0.39, 0.29) is 29.4 Å². The van der Waals surface area contributed by atoms with E-state index in [4.69, 9.17) is 9.47 Å². The highest BCUT2D eigenvalue weighted by Crippen LogP contribution is 2.46. The Bertz CT molecular complexity index is 1090. The fraction of sp³-hybridized carbons (Fsp3) is 0.458. The van der Waals surface area contributed by atoms with Gasteiger partial charge in [0.15, 0.2) is 5.78 Å². The van der Waals surface area contributed by atoms with Crippen LogP contribution in [-0.4, -0.2) is 36.4 Å². The molecule has 9 nitrogen and oxygen atoms in total. The quantitative estimate of drug-likeness (QED) is 0.299. The molecule has 0 saturated carbocycles. The van der Waals surface area contributed by atoms with Gasteiger partial charge in [-0.15, -0.1) is 0 Å². The predicted octanol–water partition coefficient (Wildman–Crippen LogP) is 3.47. The number of nitro groups is 1. The maximum absolute atomic E-state index is 13.6. The van der Waals surface area contributed by atoms with Crippen molar-refractivity contribution in [3.8, 4) is 0 Å². The number of hydrogen-bond acceptors (Lipinski definition) is 8. The summed E-state index contributed by atoms with van der Waals surface area (Å²) in [6, 6.07) is 4.64. The number of aryl methyl sites for hydroxylation is 1. The van der Waals surface area contributed by atoms with E-state index >= 15 is 0 Å². The minimum Gasteiger partial charge on any atom is -0.468 e. The Morgan fingerprint density at radius 3 is 2.58 bits per heavy atom. The number of rotatable bonds is 6. The molecule has 1 heterocycles. The summed E-state index contributed by atoms with van der Waals surface area (Å²) >= 11 is 0. The number of carbonyl (C=O) groups excluding carboxylic acids is 3. The molecule has 1 aliphatic carbocycles. The lowest BCUT2D eigenvalue weighted by atomic mass is 9.69. The number of carbonyl (C=O) groups is 3. The Labute approximate surface area is 192 Å². The molecule has 0 spiro atoms. The van der Waals surface area contributed by atoms with Gasteiger partial charge in [0.05, 0.1) is 24.2 Å². The second-order valence-corrected chi connectivity index (χ2v) is 8.47. The van der Waals surface area contributed by atoms with Gasteiger partial charge in [0.25, 0.3) is 5.69 Å². The fourth-order valence-corrected chi connectivity index (χ4v) is 4.56. The number of benzene rings is 1. The van der Waals surface area contributed by atoms with Crippen LogP contribution in [-0.2, 0) is 23.9 Å². The monoisotopic (exact) mass is 456 g/mol. The SMILES string of the molecule is CCCOC(=O)C1=C(C)NC2=C(C(=O)[C@@H](C(=O)OC)[C@H](C)C2)[C@@H]1c1ccc(C)c([N+](=O)[O-])c1. The lowest BCUT2D eigenvalue weighted by molar-refractivity contribution is -0.385. The van der Waals surface area contributed by atoms with E-state index in [1.165, 1.54) is 13.2 Å². The Kier molecular flexibility index (Phi) is 7.00. The summed E-state index contributed by atoms with van der Waals surface area (Å²) in [6.45, 7) is 7.18.